The van der Waals surface area contributed by atoms with E-state index in [9.17, 15) is 14.4 Å². The maximum Gasteiger partial charge on any atom is 0.337 e. The van der Waals surface area contributed by atoms with Crippen molar-refractivity contribution in [3.8, 4) is 16.9 Å². The molecule has 0 aliphatic carbocycles. The number of hydrogen-bond acceptors (Lipinski definition) is 6. The van der Waals surface area contributed by atoms with Crippen molar-refractivity contribution < 1.29 is 23.9 Å². The molecule has 4 rings (SSSR count). The Kier molecular flexibility index (Phi) is 6.49. The number of hydrogen-bond donors (Lipinski definition) is 1. The van der Waals surface area contributed by atoms with Crippen molar-refractivity contribution in [1.82, 2.24) is 9.78 Å². The van der Waals surface area contributed by atoms with Gasteiger partial charge in [-0.05, 0) is 30.3 Å². The second kappa shape index (κ2) is 9.83. The number of aromatic nitrogens is 2. The molecule has 0 saturated carbocycles. The SMILES string of the molecule is COC(=O)c1cc(NC(=O)c2cn(-c3ccccc3)nc2-c2ccccc2)cc(C(=O)OC)c1. The lowest BCUT2D eigenvalue weighted by molar-refractivity contribution is 0.0599. The van der Waals surface area contributed by atoms with Gasteiger partial charge >= 0.3 is 11.9 Å². The van der Waals surface area contributed by atoms with Crippen LogP contribution in [0, 0.1) is 0 Å². The molecule has 170 valence electrons. The van der Waals surface area contributed by atoms with Crippen LogP contribution in [0.15, 0.2) is 85.1 Å². The largest absolute Gasteiger partial charge is 0.465 e. The number of ether oxygens (including phenoxy) is 2. The third-order valence-electron chi connectivity index (χ3n) is 5.06. The minimum Gasteiger partial charge on any atom is -0.465 e. The van der Waals surface area contributed by atoms with Gasteiger partial charge in [-0.2, -0.15) is 5.10 Å². The minimum absolute atomic E-state index is 0.101. The summed E-state index contributed by atoms with van der Waals surface area (Å²) in [5, 5.41) is 7.40. The van der Waals surface area contributed by atoms with E-state index < -0.39 is 17.8 Å². The Morgan fingerprint density at radius 2 is 1.35 bits per heavy atom. The summed E-state index contributed by atoms with van der Waals surface area (Å²) in [7, 11) is 2.46. The monoisotopic (exact) mass is 455 g/mol. The smallest absolute Gasteiger partial charge is 0.337 e. The number of carbonyl (C=O) groups excluding carboxylic acids is 3. The number of anilines is 1. The number of benzene rings is 3. The highest BCUT2D eigenvalue weighted by atomic mass is 16.5. The van der Waals surface area contributed by atoms with Crippen molar-refractivity contribution in [2.75, 3.05) is 19.5 Å². The molecule has 0 bridgehead atoms. The van der Waals surface area contributed by atoms with E-state index in [1.807, 2.05) is 60.7 Å². The first-order valence-corrected chi connectivity index (χ1v) is 10.3. The van der Waals surface area contributed by atoms with E-state index in [1.165, 1.54) is 32.4 Å². The van der Waals surface area contributed by atoms with Gasteiger partial charge in [0, 0.05) is 17.4 Å². The molecule has 1 heterocycles. The first-order valence-electron chi connectivity index (χ1n) is 10.3. The van der Waals surface area contributed by atoms with E-state index in [1.54, 1.807) is 10.9 Å². The Balaban J connectivity index is 1.75. The number of nitrogens with zero attached hydrogens (tertiary/aromatic N) is 2. The summed E-state index contributed by atoms with van der Waals surface area (Å²) in [5.41, 5.74) is 2.80. The lowest BCUT2D eigenvalue weighted by Crippen LogP contribution is -2.14. The maximum absolute atomic E-state index is 13.4. The van der Waals surface area contributed by atoms with Crippen LogP contribution in [0.1, 0.15) is 31.1 Å². The third-order valence-corrected chi connectivity index (χ3v) is 5.06. The highest BCUT2D eigenvalue weighted by Crippen LogP contribution is 2.25. The second-order valence-corrected chi connectivity index (χ2v) is 7.27. The quantitative estimate of drug-likeness (QED) is 0.434. The predicted molar refractivity (Wildman–Crippen MR) is 126 cm³/mol. The first kappa shape index (κ1) is 22.5. The van der Waals surface area contributed by atoms with E-state index in [0.717, 1.165) is 11.3 Å². The van der Waals surface area contributed by atoms with Crippen molar-refractivity contribution in [1.29, 1.82) is 0 Å². The molecule has 0 aliphatic rings. The summed E-state index contributed by atoms with van der Waals surface area (Å²) < 4.78 is 11.1. The van der Waals surface area contributed by atoms with Crippen LogP contribution < -0.4 is 5.32 Å². The van der Waals surface area contributed by atoms with Gasteiger partial charge in [-0.15, -0.1) is 0 Å². The molecule has 1 amide bonds. The van der Waals surface area contributed by atoms with Crippen LogP contribution >= 0.6 is 0 Å². The molecular formula is C26H21N3O5. The molecule has 0 spiro atoms. The third kappa shape index (κ3) is 4.71. The van der Waals surface area contributed by atoms with Gasteiger partial charge in [0.2, 0.25) is 0 Å². The Labute approximate surface area is 195 Å². The van der Waals surface area contributed by atoms with Crippen molar-refractivity contribution in [2.45, 2.75) is 0 Å². The summed E-state index contributed by atoms with van der Waals surface area (Å²) in [4.78, 5) is 37.5. The average molecular weight is 455 g/mol. The van der Waals surface area contributed by atoms with E-state index >= 15 is 0 Å². The zero-order chi connectivity index (χ0) is 24.1. The van der Waals surface area contributed by atoms with Crippen molar-refractivity contribution in [3.05, 3.63) is 102 Å². The fraction of sp³-hybridized carbons (Fsp3) is 0.0769. The number of methoxy groups -OCH3 is 2. The van der Waals surface area contributed by atoms with Gasteiger partial charge in [-0.25, -0.2) is 14.3 Å². The molecular weight excluding hydrogens is 434 g/mol. The van der Waals surface area contributed by atoms with E-state index in [-0.39, 0.29) is 16.8 Å². The van der Waals surface area contributed by atoms with Crippen LogP contribution in [0.5, 0.6) is 0 Å². The molecule has 0 unspecified atom stereocenters. The molecule has 1 N–H and O–H groups in total. The van der Waals surface area contributed by atoms with Crippen molar-refractivity contribution in [2.24, 2.45) is 0 Å². The number of nitrogens with one attached hydrogen (secondary N) is 1. The van der Waals surface area contributed by atoms with E-state index in [0.29, 0.717) is 11.3 Å². The van der Waals surface area contributed by atoms with Crippen LogP contribution in [0.4, 0.5) is 5.69 Å². The number of para-hydroxylation sites is 1. The molecule has 8 nitrogen and oxygen atoms in total. The Morgan fingerprint density at radius 1 is 0.794 bits per heavy atom. The van der Waals surface area contributed by atoms with E-state index in [2.05, 4.69) is 10.4 Å². The minimum atomic E-state index is -0.650. The standard InChI is InChI=1S/C26H21N3O5/c1-33-25(31)18-13-19(26(32)34-2)15-20(14-18)27-24(30)22-16-29(21-11-7-4-8-12-21)28-23(22)17-9-5-3-6-10-17/h3-16H,1-2H3,(H,27,30). The molecule has 1 aromatic heterocycles. The van der Waals surface area contributed by atoms with Gasteiger partial charge < -0.3 is 14.8 Å². The number of rotatable bonds is 6. The maximum atomic E-state index is 13.4. The Bertz CT molecular complexity index is 1310. The second-order valence-electron chi connectivity index (χ2n) is 7.27. The highest BCUT2D eigenvalue weighted by molar-refractivity contribution is 6.09. The van der Waals surface area contributed by atoms with Crippen LogP contribution in [-0.2, 0) is 9.47 Å². The predicted octanol–water partition coefficient (Wildman–Crippen LogP) is 4.36. The molecule has 0 fully saturated rings. The van der Waals surface area contributed by atoms with Crippen LogP contribution in [0.3, 0.4) is 0 Å². The normalized spacial score (nSPS) is 10.4. The van der Waals surface area contributed by atoms with Crippen LogP contribution in [0.2, 0.25) is 0 Å². The van der Waals surface area contributed by atoms with Gasteiger partial charge in [-0.3, -0.25) is 4.79 Å². The van der Waals surface area contributed by atoms with Gasteiger partial charge in [0.25, 0.3) is 5.91 Å². The lowest BCUT2D eigenvalue weighted by atomic mass is 10.1. The topological polar surface area (TPSA) is 99.5 Å². The summed E-state index contributed by atoms with van der Waals surface area (Å²) >= 11 is 0. The van der Waals surface area contributed by atoms with Gasteiger partial charge in [0.1, 0.15) is 5.69 Å². The summed E-state index contributed by atoms with van der Waals surface area (Å²) in [5.74, 6) is -1.76. The van der Waals surface area contributed by atoms with E-state index in [4.69, 9.17) is 9.47 Å². The number of esters is 2. The lowest BCUT2D eigenvalue weighted by Gasteiger charge is -2.10. The molecule has 0 atom stereocenters. The molecule has 3 aromatic carbocycles. The van der Waals surface area contributed by atoms with Crippen LogP contribution in [-0.4, -0.2) is 41.8 Å². The van der Waals surface area contributed by atoms with Crippen LogP contribution in [0.25, 0.3) is 16.9 Å². The molecule has 0 radical (unpaired) electrons. The van der Waals surface area contributed by atoms with Gasteiger partial charge in [0.05, 0.1) is 36.6 Å². The molecule has 4 aromatic rings. The molecule has 0 aliphatic heterocycles. The Morgan fingerprint density at radius 3 is 1.91 bits per heavy atom. The highest BCUT2D eigenvalue weighted by Gasteiger charge is 2.20. The zero-order valence-corrected chi connectivity index (χ0v) is 18.5. The number of amides is 1. The molecule has 0 saturated heterocycles. The Hall–Kier alpha value is -4.72. The first-order chi connectivity index (χ1) is 16.5. The van der Waals surface area contributed by atoms with Gasteiger partial charge in [0.15, 0.2) is 0 Å². The zero-order valence-electron chi connectivity index (χ0n) is 18.5. The summed E-state index contributed by atoms with van der Waals surface area (Å²) in [6.07, 6.45) is 1.64. The van der Waals surface area contributed by atoms with Crippen molar-refractivity contribution in [3.63, 3.8) is 0 Å². The van der Waals surface area contributed by atoms with Crippen molar-refractivity contribution >= 4 is 23.5 Å². The summed E-state index contributed by atoms with van der Waals surface area (Å²) in [6.45, 7) is 0. The van der Waals surface area contributed by atoms with Gasteiger partial charge in [-0.1, -0.05) is 48.5 Å². The number of carbonyl (C=O) groups is 3. The fourth-order valence-electron chi connectivity index (χ4n) is 3.43. The summed E-state index contributed by atoms with van der Waals surface area (Å²) in [6, 6.07) is 23.0. The fourth-order valence-corrected chi connectivity index (χ4v) is 3.43. The molecule has 8 heteroatoms. The average Bonchev–Trinajstić information content (AvgIpc) is 3.34. The molecule has 34 heavy (non-hydrogen) atoms.